The Kier molecular flexibility index (Phi) is 9.17. The molecule has 4 aliphatic rings. The molecule has 3 unspecified atom stereocenters. The van der Waals surface area contributed by atoms with Crippen LogP contribution >= 0.6 is 0 Å². The standard InChI is InChI=1S/C36H48N4O5S/c1-26(2)23-40-34(43)39(24-27-13-15-30(16-14-27)46(3,44)45)33(42)35(40)17-19-38(20-18-35)36(25-41,29-11-7-8-12-29)32-22-37-21-31(32)28-9-5-4-6-10-28/h4-6,9-10,13-16,25-26,29,31-32,37H,7-8,11-12,17-24H2,1-3H3. The van der Waals surface area contributed by atoms with E-state index in [-0.39, 0.29) is 47.1 Å². The van der Waals surface area contributed by atoms with Crippen LogP contribution in [0.3, 0.4) is 0 Å². The number of likely N-dealkylation sites (tertiary alicyclic amines) is 1. The van der Waals surface area contributed by atoms with Crippen molar-refractivity contribution in [2.75, 3.05) is 39.0 Å². The molecule has 1 spiro atoms. The fourth-order valence-electron chi connectivity index (χ4n) is 8.97. The van der Waals surface area contributed by atoms with Gasteiger partial charge in [-0.3, -0.25) is 14.6 Å². The van der Waals surface area contributed by atoms with Gasteiger partial charge in [0.1, 0.15) is 11.8 Å². The van der Waals surface area contributed by atoms with Crippen molar-refractivity contribution in [2.45, 2.75) is 80.8 Å². The first kappa shape index (κ1) is 32.8. The molecule has 6 rings (SSSR count). The van der Waals surface area contributed by atoms with E-state index in [1.165, 1.54) is 28.9 Å². The van der Waals surface area contributed by atoms with E-state index in [0.717, 1.165) is 45.0 Å². The van der Waals surface area contributed by atoms with Gasteiger partial charge in [0.25, 0.3) is 5.91 Å². The number of carbonyl (C=O) groups is 3. The first-order chi connectivity index (χ1) is 22.0. The van der Waals surface area contributed by atoms with Gasteiger partial charge >= 0.3 is 6.03 Å². The summed E-state index contributed by atoms with van der Waals surface area (Å²) in [5.41, 5.74) is 0.365. The molecule has 2 aromatic rings. The van der Waals surface area contributed by atoms with Crippen LogP contribution in [0.5, 0.6) is 0 Å². The van der Waals surface area contributed by atoms with Crippen LogP contribution in [0.25, 0.3) is 0 Å². The predicted molar refractivity (Wildman–Crippen MR) is 177 cm³/mol. The lowest BCUT2D eigenvalue weighted by molar-refractivity contribution is -0.141. The van der Waals surface area contributed by atoms with Crippen molar-refractivity contribution in [1.82, 2.24) is 20.0 Å². The third-order valence-corrected chi connectivity index (χ3v) is 12.4. The molecule has 1 saturated carbocycles. The number of piperidine rings is 1. The Labute approximate surface area is 273 Å². The molecule has 0 radical (unpaired) electrons. The number of nitrogens with one attached hydrogen (secondary N) is 1. The van der Waals surface area contributed by atoms with Gasteiger partial charge < -0.3 is 15.0 Å². The van der Waals surface area contributed by atoms with E-state index in [1.54, 1.807) is 17.0 Å². The van der Waals surface area contributed by atoms with Crippen LogP contribution in [-0.4, -0.2) is 91.4 Å². The molecular weight excluding hydrogens is 600 g/mol. The average Bonchev–Trinajstić information content (AvgIpc) is 3.80. The van der Waals surface area contributed by atoms with Gasteiger partial charge in [-0.05, 0) is 60.8 Å². The number of carbonyl (C=O) groups excluding carboxylic acids is 3. The van der Waals surface area contributed by atoms with E-state index in [2.05, 4.69) is 48.3 Å². The second kappa shape index (κ2) is 12.8. The Balaban J connectivity index is 1.29. The minimum atomic E-state index is -3.35. The van der Waals surface area contributed by atoms with E-state index in [9.17, 15) is 22.8 Å². The lowest BCUT2D eigenvalue weighted by Crippen LogP contribution is -2.66. The number of nitrogens with zero attached hydrogens (tertiary/aromatic N) is 3. The molecule has 1 aliphatic carbocycles. The zero-order chi connectivity index (χ0) is 32.7. The third-order valence-electron chi connectivity index (χ3n) is 11.2. The minimum Gasteiger partial charge on any atom is -0.316 e. The highest BCUT2D eigenvalue weighted by molar-refractivity contribution is 7.90. The van der Waals surface area contributed by atoms with Crippen molar-refractivity contribution in [1.29, 1.82) is 0 Å². The smallest absolute Gasteiger partial charge is 0.316 e. The highest BCUT2D eigenvalue weighted by Gasteiger charge is 2.61. The van der Waals surface area contributed by atoms with Crippen molar-refractivity contribution in [3.05, 3.63) is 65.7 Å². The number of rotatable bonds is 10. The number of aldehydes is 1. The molecule has 3 heterocycles. The van der Waals surface area contributed by atoms with Gasteiger partial charge in [0.05, 0.1) is 17.0 Å². The predicted octanol–water partition coefficient (Wildman–Crippen LogP) is 4.48. The van der Waals surface area contributed by atoms with Crippen LogP contribution < -0.4 is 5.32 Å². The summed E-state index contributed by atoms with van der Waals surface area (Å²) in [6.07, 6.45) is 7.69. The van der Waals surface area contributed by atoms with E-state index in [0.29, 0.717) is 38.0 Å². The van der Waals surface area contributed by atoms with Crippen molar-refractivity contribution in [3.8, 4) is 0 Å². The number of hydrogen-bond donors (Lipinski definition) is 1. The Morgan fingerprint density at radius 2 is 1.63 bits per heavy atom. The number of urea groups is 1. The molecular formula is C36H48N4O5S. The molecule has 10 heteroatoms. The number of hydrogen-bond acceptors (Lipinski definition) is 7. The van der Waals surface area contributed by atoms with Crippen LogP contribution in [-0.2, 0) is 26.0 Å². The monoisotopic (exact) mass is 648 g/mol. The van der Waals surface area contributed by atoms with Gasteiger partial charge in [-0.15, -0.1) is 0 Å². The van der Waals surface area contributed by atoms with Crippen molar-refractivity contribution in [2.24, 2.45) is 17.8 Å². The van der Waals surface area contributed by atoms with Crippen LogP contribution in [0, 0.1) is 17.8 Å². The summed E-state index contributed by atoms with van der Waals surface area (Å²) in [5, 5.41) is 3.62. The summed E-state index contributed by atoms with van der Waals surface area (Å²) in [6, 6.07) is 16.7. The fraction of sp³-hybridized carbons (Fsp3) is 0.583. The zero-order valence-corrected chi connectivity index (χ0v) is 28.2. The van der Waals surface area contributed by atoms with E-state index < -0.39 is 20.9 Å². The lowest BCUT2D eigenvalue weighted by atomic mass is 9.66. The van der Waals surface area contributed by atoms with Gasteiger partial charge in [0.2, 0.25) is 0 Å². The Morgan fingerprint density at radius 1 is 0.978 bits per heavy atom. The molecule has 1 N–H and O–H groups in total. The van der Waals surface area contributed by atoms with E-state index >= 15 is 0 Å². The SMILES string of the molecule is CC(C)CN1C(=O)N(Cc2ccc(S(C)(=O)=O)cc2)C(=O)C12CCN(C(C=O)(C1CCCC1)C1CNCC1c1ccccc1)CC2. The minimum absolute atomic E-state index is 0.0919. The molecule has 0 bridgehead atoms. The highest BCUT2D eigenvalue weighted by Crippen LogP contribution is 2.50. The van der Waals surface area contributed by atoms with E-state index in [4.69, 9.17) is 0 Å². The molecule has 248 valence electrons. The summed E-state index contributed by atoms with van der Waals surface area (Å²) in [6.45, 7) is 7.43. The molecule has 0 aromatic heterocycles. The zero-order valence-electron chi connectivity index (χ0n) is 27.4. The summed E-state index contributed by atoms with van der Waals surface area (Å²) < 4.78 is 23.9. The Morgan fingerprint density at radius 3 is 2.22 bits per heavy atom. The number of amides is 3. The molecule has 3 aliphatic heterocycles. The summed E-state index contributed by atoms with van der Waals surface area (Å²) >= 11 is 0. The van der Waals surface area contributed by atoms with Gasteiger partial charge in [0, 0.05) is 50.8 Å². The highest BCUT2D eigenvalue weighted by atomic mass is 32.2. The van der Waals surface area contributed by atoms with Crippen molar-refractivity contribution < 1.29 is 22.8 Å². The Bertz CT molecular complexity index is 1530. The second-order valence-corrected chi connectivity index (χ2v) is 16.4. The topological polar surface area (TPSA) is 107 Å². The largest absolute Gasteiger partial charge is 0.327 e. The summed E-state index contributed by atoms with van der Waals surface area (Å²) in [7, 11) is -3.35. The van der Waals surface area contributed by atoms with Gasteiger partial charge in [-0.25, -0.2) is 13.2 Å². The molecule has 2 aromatic carbocycles. The number of benzene rings is 2. The number of imide groups is 1. The van der Waals surface area contributed by atoms with Crippen molar-refractivity contribution >= 4 is 28.1 Å². The molecule has 3 amide bonds. The van der Waals surface area contributed by atoms with Crippen LogP contribution in [0.15, 0.2) is 59.5 Å². The molecule has 3 atom stereocenters. The summed E-state index contributed by atoms with van der Waals surface area (Å²) in [5.74, 6) is 0.578. The number of sulfone groups is 1. The molecule has 4 fully saturated rings. The maximum Gasteiger partial charge on any atom is 0.327 e. The van der Waals surface area contributed by atoms with Gasteiger partial charge in [-0.2, -0.15) is 0 Å². The average molecular weight is 649 g/mol. The van der Waals surface area contributed by atoms with Crippen LogP contribution in [0.2, 0.25) is 0 Å². The van der Waals surface area contributed by atoms with Crippen LogP contribution in [0.4, 0.5) is 4.79 Å². The van der Waals surface area contributed by atoms with Gasteiger partial charge in [-0.1, -0.05) is 69.2 Å². The van der Waals surface area contributed by atoms with Gasteiger partial charge in [0.15, 0.2) is 9.84 Å². The quantitative estimate of drug-likeness (QED) is 0.299. The van der Waals surface area contributed by atoms with E-state index in [1.807, 2.05) is 6.07 Å². The first-order valence-corrected chi connectivity index (χ1v) is 18.8. The molecule has 3 saturated heterocycles. The fourth-order valence-corrected chi connectivity index (χ4v) is 9.60. The second-order valence-electron chi connectivity index (χ2n) is 14.4. The normalized spacial score (nSPS) is 25.6. The first-order valence-electron chi connectivity index (χ1n) is 16.9. The molecule has 9 nitrogen and oxygen atoms in total. The third kappa shape index (κ3) is 5.70. The molecule has 46 heavy (non-hydrogen) atoms. The van der Waals surface area contributed by atoms with Crippen molar-refractivity contribution in [3.63, 3.8) is 0 Å². The lowest BCUT2D eigenvalue weighted by Gasteiger charge is -2.53. The summed E-state index contributed by atoms with van der Waals surface area (Å²) in [4.78, 5) is 47.7. The maximum absolute atomic E-state index is 14.4. The maximum atomic E-state index is 14.4. The Hall–Kier alpha value is -3.08. The van der Waals surface area contributed by atoms with Crippen LogP contribution in [0.1, 0.15) is 69.4 Å².